The summed E-state index contributed by atoms with van der Waals surface area (Å²) in [6.45, 7) is 0.630. The molecule has 0 spiro atoms. The van der Waals surface area contributed by atoms with Gasteiger partial charge in [-0.25, -0.2) is 14.8 Å². The van der Waals surface area contributed by atoms with Crippen molar-refractivity contribution in [2.75, 3.05) is 17.6 Å². The number of pyridine rings is 1. The average Bonchev–Trinajstić information content (AvgIpc) is 3.02. The van der Waals surface area contributed by atoms with E-state index in [1.54, 1.807) is 36.5 Å². The number of alkyl carbamates (subject to hydrolysis) is 1. The Kier molecular flexibility index (Phi) is 8.64. The fourth-order valence-electron chi connectivity index (χ4n) is 4.20. The number of ether oxygens (including phenoxy) is 1. The highest BCUT2D eigenvalue weighted by Gasteiger charge is 2.17. The van der Waals surface area contributed by atoms with Crippen molar-refractivity contribution in [3.05, 3.63) is 120 Å². The van der Waals surface area contributed by atoms with Crippen molar-refractivity contribution in [3.63, 3.8) is 0 Å². The van der Waals surface area contributed by atoms with Gasteiger partial charge < -0.3 is 26.2 Å². The molecular weight excluding hydrogens is 532 g/mol. The first kappa shape index (κ1) is 27.8. The number of aromatic nitrogens is 3. The summed E-state index contributed by atoms with van der Waals surface area (Å²) in [6, 6.07) is 25.4. The number of nitrogens with two attached hydrogens (primary N) is 1. The number of carbonyl (C=O) groups is 2. The van der Waals surface area contributed by atoms with Crippen molar-refractivity contribution >= 4 is 23.5 Å². The summed E-state index contributed by atoms with van der Waals surface area (Å²) in [6.07, 6.45) is 4.79. The normalized spacial score (nSPS) is 10.6. The number of carbonyl (C=O) groups excluding carboxylic acids is 2. The topological polar surface area (TPSA) is 152 Å². The third-order valence-electron chi connectivity index (χ3n) is 6.41. The maximum Gasteiger partial charge on any atom is 0.407 e. The standard InChI is InChI=1S/C32H28N6O4/c33-30-29(31(40)38-28-18-34-16-15-26(28)23-10-12-25(39)13-11-23)37-27(19-36-30)24-8-6-21(7-9-24)14-17-35-32(41)42-20-22-4-2-1-3-5-22/h1-13,15-16,18-19,39H,14,17,20H2,(H2,33,36)(H,35,41)(H,38,40). The van der Waals surface area contributed by atoms with Crippen LogP contribution in [0.25, 0.3) is 22.4 Å². The summed E-state index contributed by atoms with van der Waals surface area (Å²) in [4.78, 5) is 38.0. The van der Waals surface area contributed by atoms with Crippen LogP contribution in [0.2, 0.25) is 0 Å². The van der Waals surface area contributed by atoms with Gasteiger partial charge in [0.25, 0.3) is 5.91 Å². The maximum atomic E-state index is 13.2. The van der Waals surface area contributed by atoms with E-state index in [9.17, 15) is 14.7 Å². The number of amides is 2. The third kappa shape index (κ3) is 7.05. The zero-order valence-corrected chi connectivity index (χ0v) is 22.5. The lowest BCUT2D eigenvalue weighted by molar-refractivity contribution is 0.102. The minimum atomic E-state index is -0.531. The van der Waals surface area contributed by atoms with E-state index in [0.717, 1.165) is 27.8 Å². The predicted molar refractivity (Wildman–Crippen MR) is 160 cm³/mol. The Morgan fingerprint density at radius 3 is 2.36 bits per heavy atom. The molecule has 0 saturated carbocycles. The van der Waals surface area contributed by atoms with Gasteiger partial charge in [0.05, 0.1) is 23.8 Å². The van der Waals surface area contributed by atoms with Gasteiger partial charge in [-0.05, 0) is 41.3 Å². The smallest absolute Gasteiger partial charge is 0.407 e. The van der Waals surface area contributed by atoms with Crippen LogP contribution >= 0.6 is 0 Å². The summed E-state index contributed by atoms with van der Waals surface area (Å²) in [7, 11) is 0. The first-order chi connectivity index (χ1) is 20.5. The van der Waals surface area contributed by atoms with E-state index in [-0.39, 0.29) is 23.9 Å². The lowest BCUT2D eigenvalue weighted by Crippen LogP contribution is -2.26. The van der Waals surface area contributed by atoms with Crippen molar-refractivity contribution in [2.45, 2.75) is 13.0 Å². The van der Waals surface area contributed by atoms with Crippen LogP contribution in [-0.2, 0) is 17.8 Å². The van der Waals surface area contributed by atoms with Crippen LogP contribution in [0, 0.1) is 0 Å². The Bertz CT molecular complexity index is 1680. The molecule has 2 aromatic heterocycles. The molecule has 5 aromatic rings. The number of nitrogens with zero attached hydrogens (tertiary/aromatic N) is 3. The summed E-state index contributed by atoms with van der Waals surface area (Å²) in [5.74, 6) is -0.396. The van der Waals surface area contributed by atoms with Gasteiger partial charge in [0.1, 0.15) is 12.4 Å². The molecule has 0 aliphatic rings. The lowest BCUT2D eigenvalue weighted by atomic mass is 10.1. The third-order valence-corrected chi connectivity index (χ3v) is 6.41. The number of rotatable bonds is 9. The minimum Gasteiger partial charge on any atom is -0.508 e. The van der Waals surface area contributed by atoms with Crippen LogP contribution in [-0.4, -0.2) is 38.6 Å². The highest BCUT2D eigenvalue weighted by atomic mass is 16.5. The van der Waals surface area contributed by atoms with Crippen LogP contribution in [0.15, 0.2) is 104 Å². The lowest BCUT2D eigenvalue weighted by Gasteiger charge is -2.12. The average molecular weight is 561 g/mol. The molecule has 0 bridgehead atoms. The zero-order chi connectivity index (χ0) is 29.3. The van der Waals surface area contributed by atoms with Gasteiger partial charge in [-0.1, -0.05) is 66.7 Å². The molecule has 0 fully saturated rings. The first-order valence-electron chi connectivity index (χ1n) is 13.2. The van der Waals surface area contributed by atoms with E-state index in [0.29, 0.717) is 24.3 Å². The molecule has 2 amide bonds. The number of phenols is 1. The van der Waals surface area contributed by atoms with Gasteiger partial charge in [-0.2, -0.15) is 0 Å². The van der Waals surface area contributed by atoms with Gasteiger partial charge in [0, 0.05) is 23.9 Å². The highest BCUT2D eigenvalue weighted by Crippen LogP contribution is 2.29. The van der Waals surface area contributed by atoms with E-state index in [4.69, 9.17) is 10.5 Å². The highest BCUT2D eigenvalue weighted by molar-refractivity contribution is 6.07. The van der Waals surface area contributed by atoms with Crippen LogP contribution in [0.5, 0.6) is 5.75 Å². The predicted octanol–water partition coefficient (Wildman–Crippen LogP) is 5.21. The number of phenolic OH excluding ortho intramolecular Hbond substituents is 1. The molecule has 10 nitrogen and oxygen atoms in total. The van der Waals surface area contributed by atoms with Gasteiger partial charge in [-0.3, -0.25) is 9.78 Å². The van der Waals surface area contributed by atoms with E-state index < -0.39 is 12.0 Å². The Morgan fingerprint density at radius 1 is 0.857 bits per heavy atom. The number of benzene rings is 3. The van der Waals surface area contributed by atoms with Crippen molar-refractivity contribution in [1.29, 1.82) is 0 Å². The molecule has 0 radical (unpaired) electrons. The maximum absolute atomic E-state index is 13.2. The molecule has 42 heavy (non-hydrogen) atoms. The Labute approximate surface area is 242 Å². The molecule has 3 aromatic carbocycles. The van der Waals surface area contributed by atoms with Gasteiger partial charge in [-0.15, -0.1) is 0 Å². The molecule has 5 rings (SSSR count). The quantitative estimate of drug-likeness (QED) is 0.192. The summed E-state index contributed by atoms with van der Waals surface area (Å²) < 4.78 is 5.23. The largest absolute Gasteiger partial charge is 0.508 e. The molecule has 10 heteroatoms. The molecule has 0 saturated heterocycles. The Balaban J connectivity index is 1.21. The molecule has 0 aliphatic heterocycles. The van der Waals surface area contributed by atoms with Crippen molar-refractivity contribution in [1.82, 2.24) is 20.3 Å². The van der Waals surface area contributed by atoms with Crippen molar-refractivity contribution < 1.29 is 19.4 Å². The first-order valence-corrected chi connectivity index (χ1v) is 13.2. The summed E-state index contributed by atoms with van der Waals surface area (Å²) in [5, 5.41) is 15.2. The van der Waals surface area contributed by atoms with Crippen LogP contribution < -0.4 is 16.4 Å². The number of anilines is 2. The second-order valence-corrected chi connectivity index (χ2v) is 9.35. The number of hydrogen-bond acceptors (Lipinski definition) is 8. The number of nitrogens with one attached hydrogen (secondary N) is 2. The fourth-order valence-corrected chi connectivity index (χ4v) is 4.20. The monoisotopic (exact) mass is 560 g/mol. The molecule has 0 aliphatic carbocycles. The molecule has 5 N–H and O–H groups in total. The second-order valence-electron chi connectivity index (χ2n) is 9.35. The number of hydrogen-bond donors (Lipinski definition) is 4. The van der Waals surface area contributed by atoms with Gasteiger partial charge in [0.15, 0.2) is 11.5 Å². The fraction of sp³-hybridized carbons (Fsp3) is 0.0938. The van der Waals surface area contributed by atoms with E-state index >= 15 is 0 Å². The molecular formula is C32H28N6O4. The zero-order valence-electron chi connectivity index (χ0n) is 22.5. The van der Waals surface area contributed by atoms with E-state index in [1.165, 1.54) is 12.4 Å². The van der Waals surface area contributed by atoms with Gasteiger partial charge in [0.2, 0.25) is 0 Å². The SMILES string of the molecule is Nc1ncc(-c2ccc(CCNC(=O)OCc3ccccc3)cc2)nc1C(=O)Nc1cnccc1-c1ccc(O)cc1. The van der Waals surface area contributed by atoms with Crippen LogP contribution in [0.1, 0.15) is 21.6 Å². The van der Waals surface area contributed by atoms with Gasteiger partial charge >= 0.3 is 6.09 Å². The molecule has 2 heterocycles. The Morgan fingerprint density at radius 2 is 1.60 bits per heavy atom. The molecule has 0 unspecified atom stereocenters. The molecule has 210 valence electrons. The van der Waals surface area contributed by atoms with E-state index in [1.807, 2.05) is 54.6 Å². The van der Waals surface area contributed by atoms with Crippen molar-refractivity contribution in [2.24, 2.45) is 0 Å². The van der Waals surface area contributed by atoms with E-state index in [2.05, 4.69) is 25.6 Å². The second kappa shape index (κ2) is 13.1. The molecule has 0 atom stereocenters. The Hall–Kier alpha value is -5.77. The van der Waals surface area contributed by atoms with Crippen LogP contribution in [0.3, 0.4) is 0 Å². The minimum absolute atomic E-state index is 0.00633. The summed E-state index contributed by atoms with van der Waals surface area (Å²) in [5.41, 5.74) is 11.1. The number of aromatic hydroxyl groups is 1. The summed E-state index contributed by atoms with van der Waals surface area (Å²) >= 11 is 0. The number of nitrogen functional groups attached to an aromatic ring is 1. The van der Waals surface area contributed by atoms with Crippen molar-refractivity contribution in [3.8, 4) is 28.1 Å². The van der Waals surface area contributed by atoms with Crippen LogP contribution in [0.4, 0.5) is 16.3 Å².